The SMILES string of the molecule is CC(C)c1cc(C(=O)NCC2CCCN2)c2ccccc2n1. The number of amides is 1. The lowest BCUT2D eigenvalue weighted by molar-refractivity contribution is 0.0952. The molecular formula is C18H23N3O. The predicted molar refractivity (Wildman–Crippen MR) is 89.2 cm³/mol. The van der Waals surface area contributed by atoms with Crippen molar-refractivity contribution in [1.29, 1.82) is 0 Å². The Morgan fingerprint density at radius 2 is 2.23 bits per heavy atom. The number of hydrogen-bond donors (Lipinski definition) is 2. The monoisotopic (exact) mass is 297 g/mol. The van der Waals surface area contributed by atoms with Gasteiger partial charge in [0, 0.05) is 23.7 Å². The minimum Gasteiger partial charge on any atom is -0.350 e. The summed E-state index contributed by atoms with van der Waals surface area (Å²) in [5.41, 5.74) is 2.58. The molecule has 0 spiro atoms. The molecule has 1 aromatic carbocycles. The second-order valence-corrected chi connectivity index (χ2v) is 6.27. The van der Waals surface area contributed by atoms with Crippen LogP contribution >= 0.6 is 0 Å². The van der Waals surface area contributed by atoms with Gasteiger partial charge in [-0.1, -0.05) is 32.0 Å². The van der Waals surface area contributed by atoms with Crippen LogP contribution in [0.1, 0.15) is 48.7 Å². The molecule has 0 bridgehead atoms. The van der Waals surface area contributed by atoms with Crippen molar-refractivity contribution in [2.24, 2.45) is 0 Å². The summed E-state index contributed by atoms with van der Waals surface area (Å²) in [6.07, 6.45) is 2.32. The van der Waals surface area contributed by atoms with Crippen molar-refractivity contribution in [2.75, 3.05) is 13.1 Å². The van der Waals surface area contributed by atoms with Crippen molar-refractivity contribution in [2.45, 2.75) is 38.6 Å². The van der Waals surface area contributed by atoms with E-state index in [1.165, 1.54) is 6.42 Å². The van der Waals surface area contributed by atoms with Crippen LogP contribution in [0.25, 0.3) is 10.9 Å². The average Bonchev–Trinajstić information content (AvgIpc) is 3.04. The number of rotatable bonds is 4. The van der Waals surface area contributed by atoms with E-state index in [9.17, 15) is 4.79 Å². The summed E-state index contributed by atoms with van der Waals surface area (Å²) in [5, 5.41) is 7.39. The van der Waals surface area contributed by atoms with E-state index < -0.39 is 0 Å². The van der Waals surface area contributed by atoms with Crippen LogP contribution in [0, 0.1) is 0 Å². The number of hydrogen-bond acceptors (Lipinski definition) is 3. The zero-order valence-corrected chi connectivity index (χ0v) is 13.2. The lowest BCUT2D eigenvalue weighted by Gasteiger charge is -2.14. The molecule has 0 saturated carbocycles. The van der Waals surface area contributed by atoms with Crippen LogP contribution in [0.4, 0.5) is 0 Å². The molecule has 1 unspecified atom stereocenters. The van der Waals surface area contributed by atoms with Crippen molar-refractivity contribution in [3.8, 4) is 0 Å². The fourth-order valence-electron chi connectivity index (χ4n) is 2.92. The van der Waals surface area contributed by atoms with Crippen molar-refractivity contribution in [1.82, 2.24) is 15.6 Å². The first kappa shape index (κ1) is 15.0. The number of carbonyl (C=O) groups excluding carboxylic acids is 1. The molecule has 1 atom stereocenters. The van der Waals surface area contributed by atoms with Crippen LogP contribution in [-0.4, -0.2) is 30.0 Å². The number of carbonyl (C=O) groups is 1. The molecule has 116 valence electrons. The lowest BCUT2D eigenvalue weighted by atomic mass is 10.0. The molecule has 2 aromatic rings. The molecule has 1 aromatic heterocycles. The molecule has 1 fully saturated rings. The van der Waals surface area contributed by atoms with Crippen molar-refractivity contribution >= 4 is 16.8 Å². The topological polar surface area (TPSA) is 54.0 Å². The van der Waals surface area contributed by atoms with Crippen molar-refractivity contribution < 1.29 is 4.79 Å². The van der Waals surface area contributed by atoms with Crippen molar-refractivity contribution in [3.05, 3.63) is 41.6 Å². The molecule has 2 heterocycles. The summed E-state index contributed by atoms with van der Waals surface area (Å²) in [4.78, 5) is 17.3. The molecule has 3 rings (SSSR count). The molecule has 4 nitrogen and oxygen atoms in total. The summed E-state index contributed by atoms with van der Waals surface area (Å²) >= 11 is 0. The van der Waals surface area contributed by atoms with Crippen LogP contribution in [-0.2, 0) is 0 Å². The van der Waals surface area contributed by atoms with Gasteiger partial charge in [-0.3, -0.25) is 9.78 Å². The van der Waals surface area contributed by atoms with E-state index in [-0.39, 0.29) is 5.91 Å². The van der Waals surface area contributed by atoms with E-state index in [0.29, 0.717) is 18.5 Å². The Morgan fingerprint density at radius 1 is 1.41 bits per heavy atom. The van der Waals surface area contributed by atoms with E-state index in [1.54, 1.807) is 0 Å². The molecule has 2 N–H and O–H groups in total. The molecule has 1 amide bonds. The first-order chi connectivity index (χ1) is 10.6. The highest BCUT2D eigenvalue weighted by atomic mass is 16.1. The van der Waals surface area contributed by atoms with E-state index >= 15 is 0 Å². The minimum atomic E-state index is -0.00537. The number of nitrogens with zero attached hydrogens (tertiary/aromatic N) is 1. The second kappa shape index (κ2) is 6.44. The Morgan fingerprint density at radius 3 is 2.95 bits per heavy atom. The van der Waals surface area contributed by atoms with Crippen LogP contribution < -0.4 is 10.6 Å². The Labute approximate surface area is 131 Å². The van der Waals surface area contributed by atoms with Gasteiger partial charge in [-0.15, -0.1) is 0 Å². The third kappa shape index (κ3) is 3.12. The van der Waals surface area contributed by atoms with Gasteiger partial charge in [0.25, 0.3) is 5.91 Å². The maximum absolute atomic E-state index is 12.6. The lowest BCUT2D eigenvalue weighted by Crippen LogP contribution is -2.37. The van der Waals surface area contributed by atoms with Crippen molar-refractivity contribution in [3.63, 3.8) is 0 Å². The molecular weight excluding hydrogens is 274 g/mol. The number of benzene rings is 1. The van der Waals surface area contributed by atoms with E-state index in [2.05, 4.69) is 29.5 Å². The molecule has 1 aliphatic rings. The van der Waals surface area contributed by atoms with Gasteiger partial charge in [0.2, 0.25) is 0 Å². The molecule has 0 aliphatic carbocycles. The van der Waals surface area contributed by atoms with Crippen LogP contribution in [0.2, 0.25) is 0 Å². The highest BCUT2D eigenvalue weighted by molar-refractivity contribution is 6.06. The van der Waals surface area contributed by atoms with Gasteiger partial charge in [-0.25, -0.2) is 0 Å². The van der Waals surface area contributed by atoms with E-state index in [1.807, 2.05) is 30.3 Å². The highest BCUT2D eigenvalue weighted by Gasteiger charge is 2.17. The molecule has 4 heteroatoms. The van der Waals surface area contributed by atoms with Gasteiger partial charge in [0.05, 0.1) is 11.1 Å². The Kier molecular flexibility index (Phi) is 4.39. The molecule has 1 aliphatic heterocycles. The van der Waals surface area contributed by atoms with E-state index in [0.717, 1.165) is 35.1 Å². The van der Waals surface area contributed by atoms with Crippen LogP contribution in [0.5, 0.6) is 0 Å². The normalized spacial score (nSPS) is 18.0. The van der Waals surface area contributed by atoms with Gasteiger partial charge >= 0.3 is 0 Å². The number of para-hydroxylation sites is 1. The minimum absolute atomic E-state index is 0.00537. The third-order valence-corrected chi connectivity index (χ3v) is 4.24. The quantitative estimate of drug-likeness (QED) is 0.912. The number of aromatic nitrogens is 1. The summed E-state index contributed by atoms with van der Waals surface area (Å²) < 4.78 is 0. The fourth-order valence-corrected chi connectivity index (χ4v) is 2.92. The predicted octanol–water partition coefficient (Wildman–Crippen LogP) is 2.84. The molecule has 1 saturated heterocycles. The maximum atomic E-state index is 12.6. The number of pyridine rings is 1. The van der Waals surface area contributed by atoms with Gasteiger partial charge in [-0.2, -0.15) is 0 Å². The van der Waals surface area contributed by atoms with Gasteiger partial charge in [0.15, 0.2) is 0 Å². The Hall–Kier alpha value is -1.94. The largest absolute Gasteiger partial charge is 0.350 e. The number of fused-ring (bicyclic) bond motifs is 1. The van der Waals surface area contributed by atoms with Gasteiger partial charge in [0.1, 0.15) is 0 Å². The summed E-state index contributed by atoms with van der Waals surface area (Å²) in [5.74, 6) is 0.293. The Balaban J connectivity index is 1.88. The molecule has 22 heavy (non-hydrogen) atoms. The zero-order chi connectivity index (χ0) is 15.5. The standard InChI is InChI=1S/C18H23N3O/c1-12(2)17-10-15(14-7-3-4-8-16(14)21-17)18(22)20-11-13-6-5-9-19-13/h3-4,7-8,10,12-13,19H,5-6,9,11H2,1-2H3,(H,20,22). The average molecular weight is 297 g/mol. The first-order valence-corrected chi connectivity index (χ1v) is 8.06. The van der Waals surface area contributed by atoms with Crippen LogP contribution in [0.15, 0.2) is 30.3 Å². The smallest absolute Gasteiger partial charge is 0.252 e. The molecule has 0 radical (unpaired) electrons. The Bertz CT molecular complexity index is 675. The maximum Gasteiger partial charge on any atom is 0.252 e. The fraction of sp³-hybridized carbons (Fsp3) is 0.444. The van der Waals surface area contributed by atoms with Gasteiger partial charge < -0.3 is 10.6 Å². The summed E-state index contributed by atoms with van der Waals surface area (Å²) in [7, 11) is 0. The third-order valence-electron chi connectivity index (χ3n) is 4.24. The number of nitrogens with one attached hydrogen (secondary N) is 2. The summed E-state index contributed by atoms with van der Waals surface area (Å²) in [6, 6.07) is 10.2. The summed E-state index contributed by atoms with van der Waals surface area (Å²) in [6.45, 7) is 5.94. The first-order valence-electron chi connectivity index (χ1n) is 8.06. The highest BCUT2D eigenvalue weighted by Crippen LogP contribution is 2.22. The second-order valence-electron chi connectivity index (χ2n) is 6.27. The zero-order valence-electron chi connectivity index (χ0n) is 13.2. The van der Waals surface area contributed by atoms with Crippen LogP contribution in [0.3, 0.4) is 0 Å². The van der Waals surface area contributed by atoms with Gasteiger partial charge in [-0.05, 0) is 37.4 Å². The van der Waals surface area contributed by atoms with E-state index in [4.69, 9.17) is 0 Å².